The molecular formula is C23H25F6N3O5. The van der Waals surface area contributed by atoms with Gasteiger partial charge in [-0.3, -0.25) is 9.69 Å². The van der Waals surface area contributed by atoms with E-state index >= 15 is 0 Å². The third-order valence-corrected chi connectivity index (χ3v) is 6.55. The van der Waals surface area contributed by atoms with Crippen molar-refractivity contribution in [1.29, 1.82) is 5.26 Å². The fourth-order valence-electron chi connectivity index (χ4n) is 4.40. The zero-order valence-electron chi connectivity index (χ0n) is 19.6. The lowest BCUT2D eigenvalue weighted by Crippen LogP contribution is -2.52. The number of hydrogen-bond donors (Lipinski definition) is 1. The molecule has 1 saturated carbocycles. The van der Waals surface area contributed by atoms with Crippen LogP contribution < -0.4 is 4.74 Å². The summed E-state index contributed by atoms with van der Waals surface area (Å²) in [6.45, 7) is 0.0550. The monoisotopic (exact) mass is 537 g/mol. The first-order chi connectivity index (χ1) is 17.2. The van der Waals surface area contributed by atoms with Gasteiger partial charge in [0.2, 0.25) is 0 Å². The van der Waals surface area contributed by atoms with Crippen LogP contribution in [0.15, 0.2) is 18.2 Å². The number of amides is 1. The highest BCUT2D eigenvalue weighted by Gasteiger charge is 2.60. The Morgan fingerprint density at radius 3 is 2.16 bits per heavy atom. The number of benzene rings is 1. The number of nitriles is 1. The topological polar surface area (TPSA) is 103 Å². The Kier molecular flexibility index (Phi) is 8.46. The van der Waals surface area contributed by atoms with Crippen LogP contribution in [0.1, 0.15) is 36.8 Å². The lowest BCUT2D eigenvalue weighted by molar-refractivity contribution is -0.308. The van der Waals surface area contributed by atoms with Crippen molar-refractivity contribution in [2.75, 3.05) is 32.8 Å². The normalized spacial score (nSPS) is 18.5. The second-order valence-electron chi connectivity index (χ2n) is 9.13. The molecule has 37 heavy (non-hydrogen) atoms. The number of carbonyl (C=O) groups excluding carboxylic acids is 1. The number of alkyl halides is 6. The predicted octanol–water partition coefficient (Wildman–Crippen LogP) is 4.33. The molecule has 0 spiro atoms. The highest BCUT2D eigenvalue weighted by molar-refractivity contribution is 5.75. The predicted molar refractivity (Wildman–Crippen MR) is 114 cm³/mol. The molecule has 0 aromatic heterocycles. The summed E-state index contributed by atoms with van der Waals surface area (Å²) in [5, 5.41) is 18.9. The molecule has 1 aromatic rings. The molecule has 3 rings (SSSR count). The Labute approximate surface area is 208 Å². The van der Waals surface area contributed by atoms with Crippen LogP contribution in [0.3, 0.4) is 0 Å². The molecule has 1 heterocycles. The van der Waals surface area contributed by atoms with Gasteiger partial charge in [-0.05, 0) is 25.0 Å². The number of halogens is 6. The van der Waals surface area contributed by atoms with E-state index in [1.165, 1.54) is 6.07 Å². The van der Waals surface area contributed by atoms with Crippen LogP contribution in [0, 0.1) is 16.7 Å². The molecule has 1 aliphatic heterocycles. The highest BCUT2D eigenvalue weighted by atomic mass is 19.4. The van der Waals surface area contributed by atoms with Gasteiger partial charge in [0.05, 0.1) is 11.6 Å². The molecule has 0 radical (unpaired) electrons. The highest BCUT2D eigenvalue weighted by Crippen LogP contribution is 2.39. The Balaban J connectivity index is 1.63. The second-order valence-corrected chi connectivity index (χ2v) is 9.13. The minimum atomic E-state index is -5.79. The van der Waals surface area contributed by atoms with E-state index in [1.807, 2.05) is 6.07 Å². The van der Waals surface area contributed by atoms with E-state index in [4.69, 9.17) is 4.74 Å². The van der Waals surface area contributed by atoms with Crippen molar-refractivity contribution in [2.45, 2.75) is 50.7 Å². The number of aliphatic carboxylic acids is 1. The van der Waals surface area contributed by atoms with Gasteiger partial charge >= 0.3 is 24.4 Å². The van der Waals surface area contributed by atoms with Gasteiger partial charge in [-0.25, -0.2) is 4.79 Å². The minimum absolute atomic E-state index is 0.0799. The maximum Gasteiger partial charge on any atom is 0.434 e. The molecule has 0 unspecified atom stereocenters. The zero-order chi connectivity index (χ0) is 27.4. The van der Waals surface area contributed by atoms with E-state index in [9.17, 15) is 46.3 Å². The molecule has 0 bridgehead atoms. The summed E-state index contributed by atoms with van der Waals surface area (Å²) < 4.78 is 85.7. The van der Waals surface area contributed by atoms with Crippen LogP contribution in [0.4, 0.5) is 31.1 Å². The number of rotatable bonds is 7. The van der Waals surface area contributed by atoms with Gasteiger partial charge in [0.1, 0.15) is 17.8 Å². The first-order valence-electron chi connectivity index (χ1n) is 11.5. The lowest BCUT2D eigenvalue weighted by Gasteiger charge is -2.35. The number of nitrogens with zero attached hydrogens (tertiary/aromatic N) is 3. The molecule has 2 fully saturated rings. The van der Waals surface area contributed by atoms with Gasteiger partial charge in [-0.2, -0.15) is 31.6 Å². The molecule has 204 valence electrons. The first-order valence-corrected chi connectivity index (χ1v) is 11.5. The van der Waals surface area contributed by atoms with Crippen LogP contribution in [0.25, 0.3) is 0 Å². The second kappa shape index (κ2) is 11.0. The summed E-state index contributed by atoms with van der Waals surface area (Å²) in [6.07, 6.45) is -15.0. The zero-order valence-corrected chi connectivity index (χ0v) is 19.6. The number of carbonyl (C=O) groups is 2. The molecule has 1 aliphatic carbocycles. The fraction of sp³-hybridized carbons (Fsp3) is 0.609. The maximum absolute atomic E-state index is 12.7. The quantitative estimate of drug-likeness (QED) is 0.517. The summed E-state index contributed by atoms with van der Waals surface area (Å²) in [4.78, 5) is 26.4. The third kappa shape index (κ3) is 6.97. The van der Waals surface area contributed by atoms with Gasteiger partial charge in [-0.1, -0.05) is 18.9 Å². The summed E-state index contributed by atoms with van der Waals surface area (Å²) in [5.74, 6) is -0.643. The van der Waals surface area contributed by atoms with Gasteiger partial charge < -0.3 is 19.5 Å². The van der Waals surface area contributed by atoms with Crippen LogP contribution in [0.2, 0.25) is 0 Å². The molecule has 1 aromatic carbocycles. The van der Waals surface area contributed by atoms with Crippen LogP contribution in [-0.2, 0) is 16.1 Å². The molecule has 14 heteroatoms. The first kappa shape index (κ1) is 28.4. The van der Waals surface area contributed by atoms with Crippen LogP contribution in [-0.4, -0.2) is 78.2 Å². The maximum atomic E-state index is 12.7. The summed E-state index contributed by atoms with van der Waals surface area (Å²) in [5.41, 5.74) is -0.106. The fourth-order valence-corrected chi connectivity index (χ4v) is 4.40. The van der Waals surface area contributed by atoms with E-state index in [2.05, 4.69) is 4.74 Å². The molecule has 1 amide bonds. The lowest BCUT2D eigenvalue weighted by atomic mass is 9.87. The Hall–Kier alpha value is -3.21. The number of piperazine rings is 1. The Bertz CT molecular complexity index is 1010. The van der Waals surface area contributed by atoms with E-state index in [0.29, 0.717) is 29.7 Å². The SMILES string of the molecule is N#Cc1ccc(CN2CCN(C(=O)OC(C(F)(F)F)C(F)(F)F)CC2)c(OCC2(C(=O)O)CCCC2)c1. The summed E-state index contributed by atoms with van der Waals surface area (Å²) >= 11 is 0. The molecule has 2 aliphatic rings. The largest absolute Gasteiger partial charge is 0.492 e. The van der Waals surface area contributed by atoms with Gasteiger partial charge in [-0.15, -0.1) is 0 Å². The van der Waals surface area contributed by atoms with Crippen molar-refractivity contribution >= 4 is 12.1 Å². The number of ether oxygens (including phenoxy) is 2. The Morgan fingerprint density at radius 1 is 1.05 bits per heavy atom. The summed E-state index contributed by atoms with van der Waals surface area (Å²) in [7, 11) is 0. The van der Waals surface area contributed by atoms with E-state index in [-0.39, 0.29) is 39.3 Å². The van der Waals surface area contributed by atoms with Crippen LogP contribution in [0.5, 0.6) is 5.75 Å². The number of hydrogen-bond acceptors (Lipinski definition) is 6. The van der Waals surface area contributed by atoms with E-state index < -0.39 is 35.9 Å². The molecule has 8 nitrogen and oxygen atoms in total. The molecule has 1 saturated heterocycles. The van der Waals surface area contributed by atoms with Crippen molar-refractivity contribution in [3.63, 3.8) is 0 Å². The van der Waals surface area contributed by atoms with Crippen molar-refractivity contribution in [2.24, 2.45) is 5.41 Å². The third-order valence-electron chi connectivity index (χ3n) is 6.55. The van der Waals surface area contributed by atoms with Gasteiger partial charge in [0, 0.05) is 38.3 Å². The number of carboxylic acids is 1. The van der Waals surface area contributed by atoms with Crippen molar-refractivity contribution < 1.29 is 50.5 Å². The Morgan fingerprint density at radius 2 is 1.65 bits per heavy atom. The van der Waals surface area contributed by atoms with E-state index in [1.54, 1.807) is 17.0 Å². The van der Waals surface area contributed by atoms with Crippen molar-refractivity contribution in [3.8, 4) is 11.8 Å². The summed E-state index contributed by atoms with van der Waals surface area (Å²) in [6, 6.07) is 6.65. The van der Waals surface area contributed by atoms with Crippen LogP contribution >= 0.6 is 0 Å². The molecule has 0 atom stereocenters. The van der Waals surface area contributed by atoms with Gasteiger partial charge in [0.15, 0.2) is 0 Å². The van der Waals surface area contributed by atoms with Crippen molar-refractivity contribution in [1.82, 2.24) is 9.80 Å². The molecule has 1 N–H and O–H groups in total. The standard InChI is InChI=1S/C23H25F6N3O5/c24-22(25,26)18(23(27,28)29)37-20(35)32-9-7-31(8-10-32)13-16-4-3-15(12-30)11-17(16)36-14-21(19(33)34)5-1-2-6-21/h3-4,11,18H,1-2,5-10,13-14H2,(H,33,34). The average molecular weight is 537 g/mol. The average Bonchev–Trinajstić information content (AvgIpc) is 3.31. The van der Waals surface area contributed by atoms with E-state index in [0.717, 1.165) is 17.7 Å². The molecular weight excluding hydrogens is 512 g/mol. The smallest absolute Gasteiger partial charge is 0.434 e. The minimum Gasteiger partial charge on any atom is -0.492 e. The number of carboxylic acid groups (broad SMARTS) is 1. The van der Waals surface area contributed by atoms with Crippen molar-refractivity contribution in [3.05, 3.63) is 29.3 Å². The van der Waals surface area contributed by atoms with Gasteiger partial charge in [0.25, 0.3) is 6.10 Å².